The van der Waals surface area contributed by atoms with Crippen molar-refractivity contribution in [2.45, 2.75) is 52.9 Å². The average molecular weight is 422 g/mol. The van der Waals surface area contributed by atoms with E-state index in [1.807, 2.05) is 38.1 Å². The van der Waals surface area contributed by atoms with Gasteiger partial charge in [-0.2, -0.15) is 0 Å². The number of allylic oxidation sites excluding steroid dienone is 3. The molecule has 0 unspecified atom stereocenters. The first-order valence-corrected chi connectivity index (χ1v) is 10.7. The molecule has 0 bridgehead atoms. The van der Waals surface area contributed by atoms with Gasteiger partial charge < -0.3 is 20.3 Å². The molecule has 1 amide bonds. The van der Waals surface area contributed by atoms with Crippen LogP contribution in [0.4, 0.5) is 0 Å². The monoisotopic (exact) mass is 421 g/mol. The molecule has 5 nitrogen and oxygen atoms in total. The lowest BCUT2D eigenvalue weighted by Gasteiger charge is -2.16. The highest BCUT2D eigenvalue weighted by atomic mass is 16.5. The minimum atomic E-state index is -0.308. The molecule has 2 aromatic carbocycles. The summed E-state index contributed by atoms with van der Waals surface area (Å²) in [7, 11) is 0. The molecule has 0 aromatic heterocycles. The van der Waals surface area contributed by atoms with E-state index in [-0.39, 0.29) is 24.2 Å². The van der Waals surface area contributed by atoms with Crippen LogP contribution in [0.15, 0.2) is 53.9 Å². The van der Waals surface area contributed by atoms with Gasteiger partial charge in [-0.1, -0.05) is 32.1 Å². The average Bonchev–Trinajstić information content (AvgIpc) is 2.72. The number of hydrogen-bond acceptors (Lipinski definition) is 4. The first-order chi connectivity index (χ1) is 14.7. The van der Waals surface area contributed by atoms with Crippen LogP contribution in [-0.4, -0.2) is 22.7 Å². The van der Waals surface area contributed by atoms with Crippen molar-refractivity contribution in [2.24, 2.45) is 0 Å². The summed E-state index contributed by atoms with van der Waals surface area (Å²) in [5.41, 5.74) is 5.93. The smallest absolute Gasteiger partial charge is 0.262 e. The van der Waals surface area contributed by atoms with E-state index < -0.39 is 0 Å². The molecule has 3 N–H and O–H groups in total. The summed E-state index contributed by atoms with van der Waals surface area (Å²) < 4.78 is 5.70. The van der Waals surface area contributed by atoms with Crippen LogP contribution < -0.4 is 10.1 Å². The largest absolute Gasteiger partial charge is 0.510 e. The van der Waals surface area contributed by atoms with Gasteiger partial charge in [-0.3, -0.25) is 4.79 Å². The second-order valence-electron chi connectivity index (χ2n) is 8.40. The van der Waals surface area contributed by atoms with E-state index in [9.17, 15) is 15.0 Å². The molecule has 0 radical (unpaired) electrons. The van der Waals surface area contributed by atoms with Crippen LogP contribution in [0.1, 0.15) is 60.4 Å². The van der Waals surface area contributed by atoms with E-state index in [4.69, 9.17) is 4.74 Å². The van der Waals surface area contributed by atoms with Crippen LogP contribution >= 0.6 is 0 Å². The Morgan fingerprint density at radius 3 is 2.48 bits per heavy atom. The van der Waals surface area contributed by atoms with Crippen molar-refractivity contribution in [3.63, 3.8) is 0 Å². The predicted octanol–water partition coefficient (Wildman–Crippen LogP) is 5.34. The Labute approximate surface area is 184 Å². The lowest BCUT2D eigenvalue weighted by Crippen LogP contribution is -2.29. The van der Waals surface area contributed by atoms with Crippen molar-refractivity contribution in [1.29, 1.82) is 0 Å². The quantitative estimate of drug-likeness (QED) is 0.564. The third-order valence-corrected chi connectivity index (χ3v) is 5.55. The molecule has 0 spiro atoms. The van der Waals surface area contributed by atoms with Crippen LogP contribution in [0.3, 0.4) is 0 Å². The second kappa shape index (κ2) is 9.73. The predicted molar refractivity (Wildman–Crippen MR) is 123 cm³/mol. The zero-order valence-corrected chi connectivity index (χ0v) is 18.7. The number of hydrogen-bond donors (Lipinski definition) is 3. The maximum Gasteiger partial charge on any atom is 0.262 e. The number of rotatable bonds is 7. The molecule has 0 aliphatic heterocycles. The lowest BCUT2D eigenvalue weighted by molar-refractivity contribution is -0.122. The second-order valence-corrected chi connectivity index (χ2v) is 8.40. The first-order valence-electron chi connectivity index (χ1n) is 10.7. The third kappa shape index (κ3) is 5.69. The molecule has 3 rings (SSSR count). The Balaban J connectivity index is 1.67. The van der Waals surface area contributed by atoms with Crippen molar-refractivity contribution < 1.29 is 19.7 Å². The Morgan fingerprint density at radius 2 is 1.84 bits per heavy atom. The Morgan fingerprint density at radius 1 is 1.13 bits per heavy atom. The fourth-order valence-electron chi connectivity index (χ4n) is 3.80. The molecule has 164 valence electrons. The number of carbonyl (C=O) groups excluding carboxylic acids is 1. The van der Waals surface area contributed by atoms with Gasteiger partial charge in [0.05, 0.1) is 5.70 Å². The van der Waals surface area contributed by atoms with Crippen molar-refractivity contribution in [2.75, 3.05) is 6.61 Å². The van der Waals surface area contributed by atoms with Crippen LogP contribution in [-0.2, 0) is 11.2 Å². The molecule has 31 heavy (non-hydrogen) atoms. The van der Waals surface area contributed by atoms with Crippen LogP contribution in [0, 0.1) is 13.8 Å². The van der Waals surface area contributed by atoms with Crippen molar-refractivity contribution in [1.82, 2.24) is 5.32 Å². The fourth-order valence-corrected chi connectivity index (χ4v) is 3.80. The maximum atomic E-state index is 12.2. The molecule has 0 saturated carbocycles. The summed E-state index contributed by atoms with van der Waals surface area (Å²) in [4.78, 5) is 12.2. The topological polar surface area (TPSA) is 78.8 Å². The highest BCUT2D eigenvalue weighted by Crippen LogP contribution is 2.29. The zero-order chi connectivity index (χ0) is 22.5. The van der Waals surface area contributed by atoms with Gasteiger partial charge in [0, 0.05) is 6.42 Å². The number of benzene rings is 2. The van der Waals surface area contributed by atoms with Crippen molar-refractivity contribution >= 4 is 5.91 Å². The molecular formula is C26H31NO4. The Bertz CT molecular complexity index is 1010. The normalized spacial score (nSPS) is 13.6. The van der Waals surface area contributed by atoms with E-state index in [2.05, 4.69) is 25.2 Å². The SMILES string of the molecule is Cc1cc(OCC(=O)NC2=C(O)CCC=C2)cc(C)c1Cc1ccc(O)c(C(C)C)c1. The van der Waals surface area contributed by atoms with E-state index in [1.165, 1.54) is 5.56 Å². The Hall–Kier alpha value is -3.21. The van der Waals surface area contributed by atoms with Crippen molar-refractivity contribution in [3.8, 4) is 11.5 Å². The molecular weight excluding hydrogens is 390 g/mol. The molecule has 0 fully saturated rings. The molecule has 1 aliphatic carbocycles. The number of carbonyl (C=O) groups is 1. The van der Waals surface area contributed by atoms with Gasteiger partial charge in [-0.15, -0.1) is 0 Å². The summed E-state index contributed by atoms with van der Waals surface area (Å²) in [5, 5.41) is 22.6. The number of nitrogens with one attached hydrogen (secondary N) is 1. The summed E-state index contributed by atoms with van der Waals surface area (Å²) in [6.45, 7) is 8.09. The molecule has 2 aromatic rings. The minimum absolute atomic E-state index is 0.126. The molecule has 0 saturated heterocycles. The number of aliphatic hydroxyl groups is 1. The van der Waals surface area contributed by atoms with Gasteiger partial charge >= 0.3 is 0 Å². The van der Waals surface area contributed by atoms with Gasteiger partial charge in [0.2, 0.25) is 0 Å². The highest BCUT2D eigenvalue weighted by molar-refractivity contribution is 5.80. The molecule has 0 atom stereocenters. The van der Waals surface area contributed by atoms with E-state index in [1.54, 1.807) is 12.1 Å². The van der Waals surface area contributed by atoms with Crippen LogP contribution in [0.2, 0.25) is 0 Å². The standard InChI is InChI=1S/C26H31NO4/c1-16(2)21-13-19(9-10-24(21)28)14-22-17(3)11-20(12-18(22)4)31-15-26(30)27-23-7-5-6-8-25(23)29/h5,7,9-13,16,28-29H,6,8,14-15H2,1-4H3,(H,27,30). The maximum absolute atomic E-state index is 12.2. The number of aryl methyl sites for hydroxylation is 2. The minimum Gasteiger partial charge on any atom is -0.510 e. The number of phenols is 1. The van der Waals surface area contributed by atoms with Gasteiger partial charge in [0.1, 0.15) is 17.3 Å². The van der Waals surface area contributed by atoms with Gasteiger partial charge in [0.15, 0.2) is 6.61 Å². The Kier molecular flexibility index (Phi) is 7.06. The van der Waals surface area contributed by atoms with Crippen molar-refractivity contribution in [3.05, 3.63) is 81.8 Å². The number of aliphatic hydroxyl groups excluding tert-OH is 1. The molecule has 5 heteroatoms. The number of aromatic hydroxyl groups is 1. The summed E-state index contributed by atoms with van der Waals surface area (Å²) in [6.07, 6.45) is 5.70. The first kappa shape index (κ1) is 22.5. The van der Waals surface area contributed by atoms with Crippen LogP contribution in [0.5, 0.6) is 11.5 Å². The van der Waals surface area contributed by atoms with Gasteiger partial charge in [-0.25, -0.2) is 0 Å². The van der Waals surface area contributed by atoms with Gasteiger partial charge in [0.25, 0.3) is 5.91 Å². The van der Waals surface area contributed by atoms with Gasteiger partial charge in [-0.05, 0) is 84.7 Å². The molecule has 0 heterocycles. The van der Waals surface area contributed by atoms with E-state index >= 15 is 0 Å². The number of amides is 1. The van der Waals surface area contributed by atoms with E-state index in [0.717, 1.165) is 35.1 Å². The third-order valence-electron chi connectivity index (χ3n) is 5.55. The van der Waals surface area contributed by atoms with Crippen LogP contribution in [0.25, 0.3) is 0 Å². The summed E-state index contributed by atoms with van der Waals surface area (Å²) in [6, 6.07) is 9.67. The summed E-state index contributed by atoms with van der Waals surface area (Å²) in [5.74, 6) is 1.12. The summed E-state index contributed by atoms with van der Waals surface area (Å²) >= 11 is 0. The number of phenolic OH excluding ortho intramolecular Hbond substituents is 1. The molecule has 1 aliphatic rings. The fraction of sp³-hybridized carbons (Fsp3) is 0.346. The van der Waals surface area contributed by atoms with E-state index in [0.29, 0.717) is 23.6 Å². The number of ether oxygens (including phenoxy) is 1. The lowest BCUT2D eigenvalue weighted by atomic mass is 9.93. The zero-order valence-electron chi connectivity index (χ0n) is 18.7. The highest BCUT2D eigenvalue weighted by Gasteiger charge is 2.13.